The molecule has 0 unspecified atom stereocenters. The third-order valence-electron chi connectivity index (χ3n) is 1.50. The van der Waals surface area contributed by atoms with Gasteiger partial charge in [-0.1, -0.05) is 6.58 Å². The summed E-state index contributed by atoms with van der Waals surface area (Å²) in [6.07, 6.45) is 1.55. The van der Waals surface area contributed by atoms with Crippen LogP contribution in [0.3, 0.4) is 0 Å². The van der Waals surface area contributed by atoms with Gasteiger partial charge in [0.1, 0.15) is 5.75 Å². The number of allylic oxidation sites excluding steroid dienone is 1. The summed E-state index contributed by atoms with van der Waals surface area (Å²) < 4.78 is 15.3. The normalized spacial score (nSPS) is 9.36. The Morgan fingerprint density at radius 2 is 2.07 bits per heavy atom. The van der Waals surface area contributed by atoms with E-state index >= 15 is 0 Å². The van der Waals surface area contributed by atoms with Crippen molar-refractivity contribution >= 4 is 0 Å². The Bertz CT molecular complexity index is 336. The number of hydrogen-bond donors (Lipinski definition) is 0. The van der Waals surface area contributed by atoms with E-state index in [0.29, 0.717) is 23.1 Å². The van der Waals surface area contributed by atoms with Gasteiger partial charge < -0.3 is 14.2 Å². The third-order valence-corrected chi connectivity index (χ3v) is 1.50. The van der Waals surface area contributed by atoms with Crippen LogP contribution in [0.15, 0.2) is 24.6 Å². The lowest BCUT2D eigenvalue weighted by Crippen LogP contribution is -1.95. The van der Waals surface area contributed by atoms with Gasteiger partial charge >= 0.3 is 0 Å². The fourth-order valence-corrected chi connectivity index (χ4v) is 0.971. The molecule has 0 saturated carbocycles. The van der Waals surface area contributed by atoms with Crippen LogP contribution in [0, 0.1) is 0 Å². The molecule has 1 aromatic heterocycles. The van der Waals surface area contributed by atoms with Gasteiger partial charge in [0.2, 0.25) is 0 Å². The van der Waals surface area contributed by atoms with E-state index in [1.54, 1.807) is 26.3 Å². The minimum absolute atomic E-state index is 0.432. The van der Waals surface area contributed by atoms with Gasteiger partial charge in [-0.15, -0.1) is 0 Å². The van der Waals surface area contributed by atoms with Crippen LogP contribution >= 0.6 is 0 Å². The summed E-state index contributed by atoms with van der Waals surface area (Å²) in [6, 6.07) is 1.69. The molecule has 0 N–H and O–H groups in total. The number of rotatable bonds is 4. The highest BCUT2D eigenvalue weighted by Crippen LogP contribution is 2.28. The average Bonchev–Trinajstić information content (AvgIpc) is 2.16. The van der Waals surface area contributed by atoms with Crippen molar-refractivity contribution in [2.45, 2.75) is 6.92 Å². The summed E-state index contributed by atoms with van der Waals surface area (Å²) in [5.74, 6) is 2.14. The summed E-state index contributed by atoms with van der Waals surface area (Å²) >= 11 is 0. The van der Waals surface area contributed by atoms with Crippen LogP contribution < -0.4 is 14.2 Å². The topological polar surface area (TPSA) is 40.6 Å². The van der Waals surface area contributed by atoms with E-state index in [1.807, 2.05) is 0 Å². The fourth-order valence-electron chi connectivity index (χ4n) is 0.971. The molecule has 0 aliphatic heterocycles. The standard InChI is InChI=1S/C10H13NO3/c1-7(2)14-8-5-9(12-3)10(13-4)11-6-8/h5-6H,1H2,2-4H3. The summed E-state index contributed by atoms with van der Waals surface area (Å²) in [7, 11) is 3.08. The van der Waals surface area contributed by atoms with Crippen molar-refractivity contribution in [3.8, 4) is 17.4 Å². The smallest absolute Gasteiger partial charge is 0.256 e. The second-order valence-electron chi connectivity index (χ2n) is 2.69. The predicted octanol–water partition coefficient (Wildman–Crippen LogP) is 2.01. The highest BCUT2D eigenvalue weighted by atomic mass is 16.5. The molecule has 0 amide bonds. The second kappa shape index (κ2) is 4.50. The molecule has 76 valence electrons. The van der Waals surface area contributed by atoms with Crippen LogP contribution in [0.1, 0.15) is 6.92 Å². The van der Waals surface area contributed by atoms with Gasteiger partial charge in [-0.25, -0.2) is 4.98 Å². The molecule has 0 spiro atoms. The van der Waals surface area contributed by atoms with Crippen molar-refractivity contribution in [1.29, 1.82) is 0 Å². The summed E-state index contributed by atoms with van der Waals surface area (Å²) in [5.41, 5.74) is 0. The number of aromatic nitrogens is 1. The van der Waals surface area contributed by atoms with Crippen molar-refractivity contribution in [3.05, 3.63) is 24.6 Å². The van der Waals surface area contributed by atoms with E-state index < -0.39 is 0 Å². The molecule has 0 fully saturated rings. The molecule has 14 heavy (non-hydrogen) atoms. The molecule has 0 aliphatic carbocycles. The van der Waals surface area contributed by atoms with Crippen molar-refractivity contribution < 1.29 is 14.2 Å². The zero-order valence-corrected chi connectivity index (χ0v) is 8.53. The van der Waals surface area contributed by atoms with E-state index in [1.165, 1.54) is 7.11 Å². The maximum absolute atomic E-state index is 5.26. The second-order valence-corrected chi connectivity index (χ2v) is 2.69. The number of ether oxygens (including phenoxy) is 3. The van der Waals surface area contributed by atoms with E-state index in [0.717, 1.165) is 0 Å². The lowest BCUT2D eigenvalue weighted by Gasteiger charge is -2.08. The van der Waals surface area contributed by atoms with Crippen molar-refractivity contribution in [1.82, 2.24) is 4.98 Å². The van der Waals surface area contributed by atoms with Crippen molar-refractivity contribution in [2.24, 2.45) is 0 Å². The van der Waals surface area contributed by atoms with Crippen LogP contribution in [0.25, 0.3) is 0 Å². The summed E-state index contributed by atoms with van der Waals surface area (Å²) in [5, 5.41) is 0. The van der Waals surface area contributed by atoms with Crippen LogP contribution in [0.4, 0.5) is 0 Å². The van der Waals surface area contributed by atoms with E-state index in [2.05, 4.69) is 11.6 Å². The monoisotopic (exact) mass is 195 g/mol. The first-order chi connectivity index (χ1) is 6.67. The molecular formula is C10H13NO3. The number of hydrogen-bond acceptors (Lipinski definition) is 4. The number of pyridine rings is 1. The van der Waals surface area contributed by atoms with Crippen LogP contribution in [0.5, 0.6) is 17.4 Å². The molecule has 0 radical (unpaired) electrons. The van der Waals surface area contributed by atoms with Gasteiger partial charge in [0.05, 0.1) is 26.2 Å². The number of nitrogens with zero attached hydrogens (tertiary/aromatic N) is 1. The zero-order chi connectivity index (χ0) is 10.6. The molecule has 1 aromatic rings. The Balaban J connectivity index is 2.95. The third kappa shape index (κ3) is 2.39. The quantitative estimate of drug-likeness (QED) is 0.689. The average molecular weight is 195 g/mol. The Morgan fingerprint density at radius 3 is 2.57 bits per heavy atom. The first-order valence-electron chi connectivity index (χ1n) is 4.08. The minimum Gasteiger partial charge on any atom is -0.491 e. The molecule has 0 saturated heterocycles. The predicted molar refractivity (Wildman–Crippen MR) is 52.8 cm³/mol. The highest BCUT2D eigenvalue weighted by Gasteiger charge is 2.06. The molecule has 4 nitrogen and oxygen atoms in total. The molecule has 1 rings (SSSR count). The van der Waals surface area contributed by atoms with Crippen molar-refractivity contribution in [2.75, 3.05) is 14.2 Å². The van der Waals surface area contributed by atoms with E-state index in [4.69, 9.17) is 14.2 Å². The maximum atomic E-state index is 5.26. The lowest BCUT2D eigenvalue weighted by atomic mass is 10.4. The Morgan fingerprint density at radius 1 is 1.36 bits per heavy atom. The maximum Gasteiger partial charge on any atom is 0.256 e. The molecule has 4 heteroatoms. The molecule has 0 bridgehead atoms. The van der Waals surface area contributed by atoms with Gasteiger partial charge in [-0.2, -0.15) is 0 Å². The fraction of sp³-hybridized carbons (Fsp3) is 0.300. The summed E-state index contributed by atoms with van der Waals surface area (Å²) in [4.78, 5) is 4.01. The Labute approximate surface area is 83.1 Å². The van der Waals surface area contributed by atoms with Crippen LogP contribution in [-0.4, -0.2) is 19.2 Å². The highest BCUT2D eigenvalue weighted by molar-refractivity contribution is 5.39. The van der Waals surface area contributed by atoms with Crippen LogP contribution in [0.2, 0.25) is 0 Å². The zero-order valence-electron chi connectivity index (χ0n) is 8.53. The van der Waals surface area contributed by atoms with Gasteiger partial charge in [0.15, 0.2) is 5.75 Å². The molecule has 1 heterocycles. The SMILES string of the molecule is C=C(C)Oc1cnc(OC)c(OC)c1. The van der Waals surface area contributed by atoms with E-state index in [-0.39, 0.29) is 0 Å². The molecule has 0 atom stereocenters. The molecule has 0 aliphatic rings. The molecular weight excluding hydrogens is 182 g/mol. The number of methoxy groups -OCH3 is 2. The molecule has 0 aromatic carbocycles. The van der Waals surface area contributed by atoms with Crippen LogP contribution in [-0.2, 0) is 0 Å². The largest absolute Gasteiger partial charge is 0.491 e. The van der Waals surface area contributed by atoms with Gasteiger partial charge in [0, 0.05) is 6.07 Å². The van der Waals surface area contributed by atoms with E-state index in [9.17, 15) is 0 Å². The minimum atomic E-state index is 0.432. The van der Waals surface area contributed by atoms with Gasteiger partial charge in [-0.05, 0) is 6.92 Å². The Hall–Kier alpha value is -1.71. The first kappa shape index (κ1) is 10.4. The van der Waals surface area contributed by atoms with Gasteiger partial charge in [-0.3, -0.25) is 0 Å². The van der Waals surface area contributed by atoms with Gasteiger partial charge in [0.25, 0.3) is 5.88 Å². The lowest BCUT2D eigenvalue weighted by molar-refractivity contribution is 0.337. The Kier molecular flexibility index (Phi) is 3.34. The van der Waals surface area contributed by atoms with Crippen molar-refractivity contribution in [3.63, 3.8) is 0 Å². The summed E-state index contributed by atoms with van der Waals surface area (Å²) in [6.45, 7) is 5.39. The first-order valence-corrected chi connectivity index (χ1v) is 4.08.